The smallest absolute Gasteiger partial charge is 0.255 e. The lowest BCUT2D eigenvalue weighted by molar-refractivity contribution is -0.117. The number of benzene rings is 4. The summed E-state index contributed by atoms with van der Waals surface area (Å²) in [5.74, 6) is -0.335. The van der Waals surface area contributed by atoms with Gasteiger partial charge in [-0.2, -0.15) is 0 Å². The first-order chi connectivity index (χ1) is 17.4. The quantitative estimate of drug-likeness (QED) is 0.308. The molecule has 0 fully saturated rings. The van der Waals surface area contributed by atoms with Crippen LogP contribution in [0.1, 0.15) is 44.7 Å². The number of amides is 2. The maximum atomic E-state index is 12.9. The standard InChI is InChI=1S/C30H26N2O4/c1-20(23-9-6-10-24(19-23)28(33)21-7-4-3-5-8-21)29(34)31-25-13-11-22(12-14-25)30(35)32-26-15-17-27(36-2)18-16-26/h3-20H,1-2H3,(H,31,34)(H,32,35)/t20-/m0/s1. The van der Waals surface area contributed by atoms with Crippen LogP contribution in [0.2, 0.25) is 0 Å². The number of hydrogen-bond acceptors (Lipinski definition) is 4. The van der Waals surface area contributed by atoms with Crippen LogP contribution in [0.15, 0.2) is 103 Å². The molecule has 0 aliphatic carbocycles. The summed E-state index contributed by atoms with van der Waals surface area (Å²) in [5, 5.41) is 5.71. The minimum absolute atomic E-state index is 0.0893. The average Bonchev–Trinajstić information content (AvgIpc) is 2.93. The molecule has 0 unspecified atom stereocenters. The summed E-state index contributed by atoms with van der Waals surface area (Å²) in [6.45, 7) is 1.79. The van der Waals surface area contributed by atoms with Gasteiger partial charge in [-0.15, -0.1) is 0 Å². The molecule has 2 amide bonds. The van der Waals surface area contributed by atoms with Crippen molar-refractivity contribution < 1.29 is 19.1 Å². The number of ether oxygens (including phenoxy) is 1. The van der Waals surface area contributed by atoms with Crippen molar-refractivity contribution in [3.05, 3.63) is 125 Å². The van der Waals surface area contributed by atoms with Crippen LogP contribution in [0.5, 0.6) is 5.75 Å². The van der Waals surface area contributed by atoms with Gasteiger partial charge in [-0.25, -0.2) is 0 Å². The van der Waals surface area contributed by atoms with Crippen LogP contribution in [0, 0.1) is 0 Å². The SMILES string of the molecule is COc1ccc(NC(=O)c2ccc(NC(=O)[C@@H](C)c3cccc(C(=O)c4ccccc4)c3)cc2)cc1. The number of ketones is 1. The van der Waals surface area contributed by atoms with Gasteiger partial charge in [0, 0.05) is 28.1 Å². The van der Waals surface area contributed by atoms with Crippen molar-refractivity contribution in [1.82, 2.24) is 0 Å². The molecule has 0 spiro atoms. The highest BCUT2D eigenvalue weighted by atomic mass is 16.5. The maximum absolute atomic E-state index is 12.9. The molecule has 1 atom stereocenters. The highest BCUT2D eigenvalue weighted by Crippen LogP contribution is 2.22. The molecule has 0 aliphatic heterocycles. The molecule has 2 N–H and O–H groups in total. The lowest BCUT2D eigenvalue weighted by Crippen LogP contribution is -2.19. The predicted molar refractivity (Wildman–Crippen MR) is 141 cm³/mol. The summed E-state index contributed by atoms with van der Waals surface area (Å²) in [6, 6.07) is 29.9. The maximum Gasteiger partial charge on any atom is 0.255 e. The molecule has 4 aromatic rings. The molecule has 0 saturated carbocycles. The Morgan fingerprint density at radius 1 is 0.667 bits per heavy atom. The molecule has 36 heavy (non-hydrogen) atoms. The highest BCUT2D eigenvalue weighted by Gasteiger charge is 2.18. The van der Waals surface area contributed by atoms with Gasteiger partial charge in [0.05, 0.1) is 13.0 Å². The van der Waals surface area contributed by atoms with Gasteiger partial charge in [0.2, 0.25) is 5.91 Å². The number of rotatable bonds is 8. The average molecular weight is 479 g/mol. The van der Waals surface area contributed by atoms with E-state index in [-0.39, 0.29) is 17.6 Å². The molecule has 0 saturated heterocycles. The second-order valence-electron chi connectivity index (χ2n) is 8.29. The van der Waals surface area contributed by atoms with Crippen LogP contribution in [0.3, 0.4) is 0 Å². The van der Waals surface area contributed by atoms with Crippen LogP contribution in [-0.4, -0.2) is 24.7 Å². The number of methoxy groups -OCH3 is 1. The zero-order valence-corrected chi connectivity index (χ0v) is 20.0. The molecule has 0 bridgehead atoms. The third-order valence-corrected chi connectivity index (χ3v) is 5.84. The summed E-state index contributed by atoms with van der Waals surface area (Å²) < 4.78 is 5.12. The predicted octanol–water partition coefficient (Wildman–Crippen LogP) is 5.92. The first kappa shape index (κ1) is 24.4. The van der Waals surface area contributed by atoms with Gasteiger partial charge in [-0.05, 0) is 67.1 Å². The van der Waals surface area contributed by atoms with Crippen LogP contribution in [0.25, 0.3) is 0 Å². The summed E-state index contributed by atoms with van der Waals surface area (Å²) in [7, 11) is 1.58. The van der Waals surface area contributed by atoms with Gasteiger partial charge < -0.3 is 15.4 Å². The Labute approximate surface area is 209 Å². The van der Waals surface area contributed by atoms with Gasteiger partial charge in [0.15, 0.2) is 5.78 Å². The van der Waals surface area contributed by atoms with E-state index in [0.29, 0.717) is 33.8 Å². The molecule has 4 aromatic carbocycles. The van der Waals surface area contributed by atoms with Gasteiger partial charge in [-0.1, -0.05) is 48.5 Å². The van der Waals surface area contributed by atoms with E-state index >= 15 is 0 Å². The van der Waals surface area contributed by atoms with E-state index in [9.17, 15) is 14.4 Å². The number of nitrogens with one attached hydrogen (secondary N) is 2. The normalized spacial score (nSPS) is 11.3. The topological polar surface area (TPSA) is 84.5 Å². The Balaban J connectivity index is 1.39. The lowest BCUT2D eigenvalue weighted by Gasteiger charge is -2.14. The fourth-order valence-corrected chi connectivity index (χ4v) is 3.69. The third-order valence-electron chi connectivity index (χ3n) is 5.84. The van der Waals surface area contributed by atoms with Crippen molar-refractivity contribution in [2.45, 2.75) is 12.8 Å². The molecule has 0 heterocycles. The summed E-state index contributed by atoms with van der Waals surface area (Å²) in [6.07, 6.45) is 0. The van der Waals surface area contributed by atoms with Crippen molar-refractivity contribution in [3.8, 4) is 5.75 Å². The third kappa shape index (κ3) is 5.85. The monoisotopic (exact) mass is 478 g/mol. The van der Waals surface area contributed by atoms with Gasteiger partial charge in [0.25, 0.3) is 5.91 Å². The van der Waals surface area contributed by atoms with E-state index in [2.05, 4.69) is 10.6 Å². The van der Waals surface area contributed by atoms with Gasteiger partial charge in [0.1, 0.15) is 5.75 Å². The van der Waals surface area contributed by atoms with E-state index in [4.69, 9.17) is 4.74 Å². The van der Waals surface area contributed by atoms with Crippen molar-refractivity contribution in [1.29, 1.82) is 0 Å². The number of anilines is 2. The Kier molecular flexibility index (Phi) is 7.56. The molecular formula is C30H26N2O4. The van der Waals surface area contributed by atoms with E-state index < -0.39 is 5.92 Å². The number of carbonyl (C=O) groups excluding carboxylic acids is 3. The first-order valence-electron chi connectivity index (χ1n) is 11.5. The summed E-state index contributed by atoms with van der Waals surface area (Å²) in [5.41, 5.74) is 3.56. The van der Waals surface area contributed by atoms with Crippen LogP contribution in [-0.2, 0) is 4.79 Å². The fraction of sp³-hybridized carbons (Fsp3) is 0.100. The van der Waals surface area contributed by atoms with Crippen molar-refractivity contribution in [2.75, 3.05) is 17.7 Å². The van der Waals surface area contributed by atoms with Crippen LogP contribution >= 0.6 is 0 Å². The molecule has 4 rings (SSSR count). The largest absolute Gasteiger partial charge is 0.497 e. The Morgan fingerprint density at radius 3 is 1.94 bits per heavy atom. The molecule has 6 heteroatoms. The molecular weight excluding hydrogens is 452 g/mol. The van der Waals surface area contributed by atoms with Crippen molar-refractivity contribution in [3.63, 3.8) is 0 Å². The van der Waals surface area contributed by atoms with Crippen molar-refractivity contribution >= 4 is 29.0 Å². The van der Waals surface area contributed by atoms with E-state index in [1.807, 2.05) is 24.3 Å². The molecule has 0 aromatic heterocycles. The highest BCUT2D eigenvalue weighted by molar-refractivity contribution is 6.09. The van der Waals surface area contributed by atoms with Crippen LogP contribution < -0.4 is 15.4 Å². The molecule has 0 radical (unpaired) electrons. The second-order valence-corrected chi connectivity index (χ2v) is 8.29. The lowest BCUT2D eigenvalue weighted by atomic mass is 9.95. The fourth-order valence-electron chi connectivity index (χ4n) is 3.69. The van der Waals surface area contributed by atoms with Crippen LogP contribution in [0.4, 0.5) is 11.4 Å². The van der Waals surface area contributed by atoms with E-state index in [1.165, 1.54) is 0 Å². The van der Waals surface area contributed by atoms with E-state index in [0.717, 1.165) is 5.56 Å². The zero-order valence-electron chi connectivity index (χ0n) is 20.0. The number of hydrogen-bond donors (Lipinski definition) is 2. The Hall–Kier alpha value is -4.71. The van der Waals surface area contributed by atoms with Gasteiger partial charge >= 0.3 is 0 Å². The first-order valence-corrected chi connectivity index (χ1v) is 11.5. The summed E-state index contributed by atoms with van der Waals surface area (Å²) >= 11 is 0. The van der Waals surface area contributed by atoms with Gasteiger partial charge in [-0.3, -0.25) is 14.4 Å². The minimum atomic E-state index is -0.480. The Bertz CT molecular complexity index is 1360. The van der Waals surface area contributed by atoms with E-state index in [1.54, 1.807) is 92.9 Å². The van der Waals surface area contributed by atoms with Crippen molar-refractivity contribution in [2.24, 2.45) is 0 Å². The number of carbonyl (C=O) groups is 3. The second kappa shape index (κ2) is 11.1. The molecule has 180 valence electrons. The molecule has 6 nitrogen and oxygen atoms in total. The summed E-state index contributed by atoms with van der Waals surface area (Å²) in [4.78, 5) is 38.2. The Morgan fingerprint density at radius 2 is 1.28 bits per heavy atom. The zero-order chi connectivity index (χ0) is 25.5. The minimum Gasteiger partial charge on any atom is -0.497 e. The molecule has 0 aliphatic rings.